The highest BCUT2D eigenvalue weighted by Crippen LogP contribution is 2.26. The molecule has 3 heterocycles. The van der Waals surface area contributed by atoms with Gasteiger partial charge in [0.2, 0.25) is 11.1 Å². The standard InChI is InChI=1S/C14H14N8S/c1-22(2)13-16-8-10(18-20-13)11-12(9-6-4-5-7-15-9)19-21-14(17-11)23-3/h4-8H,1-3H3. The maximum atomic E-state index is 4.51. The van der Waals surface area contributed by atoms with E-state index in [1.807, 2.05) is 38.6 Å². The van der Waals surface area contributed by atoms with E-state index in [0.717, 1.165) is 0 Å². The fraction of sp³-hybridized carbons (Fsp3) is 0.214. The normalized spacial score (nSPS) is 10.6. The Hall–Kier alpha value is -2.68. The lowest BCUT2D eigenvalue weighted by molar-refractivity contribution is 0.838. The molecule has 0 aliphatic carbocycles. The van der Waals surface area contributed by atoms with Crippen LogP contribution in [-0.4, -0.2) is 55.7 Å². The molecule has 0 unspecified atom stereocenters. The molecular formula is C14H14N8S. The predicted octanol–water partition coefficient (Wildman–Crippen LogP) is 1.57. The van der Waals surface area contributed by atoms with Gasteiger partial charge in [-0.3, -0.25) is 4.98 Å². The second-order valence-corrected chi connectivity index (χ2v) is 5.52. The van der Waals surface area contributed by atoms with Crippen molar-refractivity contribution in [3.8, 4) is 22.8 Å². The van der Waals surface area contributed by atoms with E-state index in [9.17, 15) is 0 Å². The SMILES string of the molecule is CSc1nnc(-c2ccccn2)c(-c2cnc(N(C)C)nn2)n1. The van der Waals surface area contributed by atoms with Crippen LogP contribution in [0.2, 0.25) is 0 Å². The van der Waals surface area contributed by atoms with Crippen LogP contribution in [-0.2, 0) is 0 Å². The summed E-state index contributed by atoms with van der Waals surface area (Å²) in [6.07, 6.45) is 5.21. The molecule has 23 heavy (non-hydrogen) atoms. The molecule has 0 fully saturated rings. The third-order valence-electron chi connectivity index (χ3n) is 2.95. The Bertz CT molecular complexity index is 792. The van der Waals surface area contributed by atoms with Gasteiger partial charge < -0.3 is 4.90 Å². The molecule has 3 aromatic heterocycles. The lowest BCUT2D eigenvalue weighted by Crippen LogP contribution is -2.13. The van der Waals surface area contributed by atoms with E-state index in [0.29, 0.717) is 33.9 Å². The predicted molar refractivity (Wildman–Crippen MR) is 88.0 cm³/mol. The van der Waals surface area contributed by atoms with Gasteiger partial charge in [-0.05, 0) is 18.4 Å². The Morgan fingerprint density at radius 3 is 2.39 bits per heavy atom. The van der Waals surface area contributed by atoms with E-state index in [2.05, 4.69) is 35.3 Å². The summed E-state index contributed by atoms with van der Waals surface area (Å²) in [5.41, 5.74) is 2.32. The van der Waals surface area contributed by atoms with Gasteiger partial charge in [0.15, 0.2) is 0 Å². The lowest BCUT2D eigenvalue weighted by Gasteiger charge is -2.10. The van der Waals surface area contributed by atoms with Crippen LogP contribution in [0.1, 0.15) is 0 Å². The van der Waals surface area contributed by atoms with Gasteiger partial charge in [-0.25, -0.2) is 9.97 Å². The molecule has 0 atom stereocenters. The van der Waals surface area contributed by atoms with Crippen LogP contribution >= 0.6 is 11.8 Å². The van der Waals surface area contributed by atoms with Crippen molar-refractivity contribution >= 4 is 17.7 Å². The zero-order chi connectivity index (χ0) is 16.2. The molecule has 3 aromatic rings. The van der Waals surface area contributed by atoms with Gasteiger partial charge >= 0.3 is 0 Å². The molecule has 0 amide bonds. The van der Waals surface area contributed by atoms with Crippen molar-refractivity contribution in [2.75, 3.05) is 25.3 Å². The third-order valence-corrected chi connectivity index (χ3v) is 3.49. The minimum absolute atomic E-state index is 0.528. The van der Waals surface area contributed by atoms with Crippen molar-refractivity contribution < 1.29 is 0 Å². The summed E-state index contributed by atoms with van der Waals surface area (Å²) < 4.78 is 0. The molecule has 0 saturated carbocycles. The van der Waals surface area contributed by atoms with E-state index < -0.39 is 0 Å². The van der Waals surface area contributed by atoms with Gasteiger partial charge in [0.25, 0.3) is 0 Å². The molecule has 116 valence electrons. The second kappa shape index (κ2) is 6.61. The summed E-state index contributed by atoms with van der Waals surface area (Å²) >= 11 is 1.41. The van der Waals surface area contributed by atoms with Crippen molar-refractivity contribution in [3.63, 3.8) is 0 Å². The highest BCUT2D eigenvalue weighted by Gasteiger charge is 2.16. The molecular weight excluding hydrogens is 312 g/mol. The fourth-order valence-corrected chi connectivity index (χ4v) is 2.14. The van der Waals surface area contributed by atoms with Crippen LogP contribution in [0.5, 0.6) is 0 Å². The van der Waals surface area contributed by atoms with E-state index in [1.54, 1.807) is 17.3 Å². The average Bonchev–Trinajstić information content (AvgIpc) is 2.62. The average molecular weight is 326 g/mol. The van der Waals surface area contributed by atoms with Gasteiger partial charge in [-0.15, -0.1) is 20.4 Å². The number of pyridine rings is 1. The van der Waals surface area contributed by atoms with E-state index in [4.69, 9.17) is 0 Å². The minimum Gasteiger partial charge on any atom is -0.346 e. The van der Waals surface area contributed by atoms with Crippen molar-refractivity contribution in [2.45, 2.75) is 5.16 Å². The van der Waals surface area contributed by atoms with Crippen molar-refractivity contribution in [3.05, 3.63) is 30.6 Å². The second-order valence-electron chi connectivity index (χ2n) is 4.75. The summed E-state index contributed by atoms with van der Waals surface area (Å²) in [6, 6.07) is 5.58. The molecule has 0 aliphatic heterocycles. The van der Waals surface area contributed by atoms with Gasteiger partial charge in [0.1, 0.15) is 17.1 Å². The van der Waals surface area contributed by atoms with Crippen LogP contribution in [0.15, 0.2) is 35.7 Å². The Morgan fingerprint density at radius 2 is 1.78 bits per heavy atom. The number of rotatable bonds is 4. The van der Waals surface area contributed by atoms with Gasteiger partial charge in [0.05, 0.1) is 11.9 Å². The first-order chi connectivity index (χ1) is 11.2. The Balaban J connectivity index is 2.12. The first kappa shape index (κ1) is 15.2. The minimum atomic E-state index is 0.528. The molecule has 3 rings (SSSR count). The van der Waals surface area contributed by atoms with E-state index >= 15 is 0 Å². The molecule has 0 saturated heterocycles. The Kier molecular flexibility index (Phi) is 4.38. The molecule has 0 aliphatic rings. The van der Waals surface area contributed by atoms with Crippen molar-refractivity contribution in [1.82, 2.24) is 35.3 Å². The van der Waals surface area contributed by atoms with Crippen molar-refractivity contribution in [2.24, 2.45) is 0 Å². The highest BCUT2D eigenvalue weighted by molar-refractivity contribution is 7.98. The van der Waals surface area contributed by atoms with Gasteiger partial charge in [-0.1, -0.05) is 17.8 Å². The fourth-order valence-electron chi connectivity index (χ4n) is 1.83. The molecule has 0 aromatic carbocycles. The van der Waals surface area contributed by atoms with Crippen LogP contribution in [0.4, 0.5) is 5.95 Å². The van der Waals surface area contributed by atoms with Crippen LogP contribution in [0.25, 0.3) is 22.8 Å². The summed E-state index contributed by atoms with van der Waals surface area (Å²) in [5, 5.41) is 17.2. The topological polar surface area (TPSA) is 93.5 Å². The third kappa shape index (κ3) is 3.24. The summed E-state index contributed by atoms with van der Waals surface area (Å²) in [6.45, 7) is 0. The molecule has 9 heteroatoms. The first-order valence-electron chi connectivity index (χ1n) is 6.76. The maximum absolute atomic E-state index is 4.51. The molecule has 0 bridgehead atoms. The smallest absolute Gasteiger partial charge is 0.244 e. The van der Waals surface area contributed by atoms with Crippen LogP contribution in [0.3, 0.4) is 0 Å². The van der Waals surface area contributed by atoms with E-state index in [-0.39, 0.29) is 0 Å². The summed E-state index contributed by atoms with van der Waals surface area (Å²) in [5.74, 6) is 0.528. The Labute approximate surface area is 137 Å². The Morgan fingerprint density at radius 1 is 0.913 bits per heavy atom. The maximum Gasteiger partial charge on any atom is 0.244 e. The lowest BCUT2D eigenvalue weighted by atomic mass is 10.2. The molecule has 0 radical (unpaired) electrons. The highest BCUT2D eigenvalue weighted by atomic mass is 32.2. The monoisotopic (exact) mass is 326 g/mol. The molecule has 0 spiro atoms. The number of hydrogen-bond donors (Lipinski definition) is 0. The number of hydrogen-bond acceptors (Lipinski definition) is 9. The zero-order valence-corrected chi connectivity index (χ0v) is 13.7. The van der Waals surface area contributed by atoms with Crippen LogP contribution in [0, 0.1) is 0 Å². The molecule has 8 nitrogen and oxygen atoms in total. The van der Waals surface area contributed by atoms with Gasteiger partial charge in [0, 0.05) is 20.3 Å². The zero-order valence-electron chi connectivity index (χ0n) is 12.9. The molecule has 0 N–H and O–H groups in total. The van der Waals surface area contributed by atoms with Gasteiger partial charge in [-0.2, -0.15) is 0 Å². The summed E-state index contributed by atoms with van der Waals surface area (Å²) in [4.78, 5) is 14.9. The van der Waals surface area contributed by atoms with Crippen molar-refractivity contribution in [1.29, 1.82) is 0 Å². The number of aromatic nitrogens is 7. The number of thioether (sulfide) groups is 1. The first-order valence-corrected chi connectivity index (χ1v) is 7.99. The quantitative estimate of drug-likeness (QED) is 0.662. The summed E-state index contributed by atoms with van der Waals surface area (Å²) in [7, 11) is 3.71. The largest absolute Gasteiger partial charge is 0.346 e. The van der Waals surface area contributed by atoms with E-state index in [1.165, 1.54) is 11.8 Å². The number of anilines is 1. The number of nitrogens with zero attached hydrogens (tertiary/aromatic N) is 8. The van der Waals surface area contributed by atoms with Crippen LogP contribution < -0.4 is 4.90 Å².